The predicted octanol–water partition coefficient (Wildman–Crippen LogP) is 1.10. The van der Waals surface area contributed by atoms with Gasteiger partial charge in [0, 0.05) is 18.5 Å². The third kappa shape index (κ3) is 4.12. The molecule has 0 saturated carbocycles. The minimum absolute atomic E-state index is 0.104. The van der Waals surface area contributed by atoms with Gasteiger partial charge < -0.3 is 15.8 Å². The summed E-state index contributed by atoms with van der Waals surface area (Å²) in [6, 6.07) is 0.499. The van der Waals surface area contributed by atoms with Gasteiger partial charge in [-0.25, -0.2) is 0 Å². The van der Waals surface area contributed by atoms with Crippen LogP contribution in [0.4, 0.5) is 0 Å². The fraction of sp³-hybridized carbons (Fsp3) is 0.889. The van der Waals surface area contributed by atoms with Gasteiger partial charge in [0.2, 0.25) is 0 Å². The molecule has 0 radical (unpaired) electrons. The molecule has 0 aromatic heterocycles. The Hall–Kier alpha value is -0.770. The fourth-order valence-electron chi connectivity index (χ4n) is 1.25. The third-order valence-electron chi connectivity index (χ3n) is 2.27. The summed E-state index contributed by atoms with van der Waals surface area (Å²) in [7, 11) is 0. The molecule has 0 heterocycles. The van der Waals surface area contributed by atoms with Crippen molar-refractivity contribution >= 4 is 5.84 Å². The number of nitrogens with zero attached hydrogens (tertiary/aromatic N) is 2. The van der Waals surface area contributed by atoms with Gasteiger partial charge in [-0.3, -0.25) is 0 Å². The highest BCUT2D eigenvalue weighted by atomic mass is 16.4. The maximum absolute atomic E-state index is 8.47. The summed E-state index contributed by atoms with van der Waals surface area (Å²) in [5.41, 5.74) is 5.49. The van der Waals surface area contributed by atoms with Gasteiger partial charge in [-0.2, -0.15) is 0 Å². The van der Waals surface area contributed by atoms with Crippen LogP contribution in [0.15, 0.2) is 5.16 Å². The van der Waals surface area contributed by atoms with Crippen LogP contribution in [0.25, 0.3) is 0 Å². The predicted molar refractivity (Wildman–Crippen MR) is 55.0 cm³/mol. The molecule has 0 aromatic carbocycles. The molecule has 0 fully saturated rings. The molecule has 0 saturated heterocycles. The zero-order chi connectivity index (χ0) is 10.4. The minimum atomic E-state index is 0.104. The zero-order valence-corrected chi connectivity index (χ0v) is 8.99. The van der Waals surface area contributed by atoms with E-state index >= 15 is 0 Å². The molecule has 0 rings (SSSR count). The number of amidine groups is 1. The van der Waals surface area contributed by atoms with Gasteiger partial charge in [-0.15, -0.1) is 0 Å². The minimum Gasteiger partial charge on any atom is -0.409 e. The van der Waals surface area contributed by atoms with E-state index in [2.05, 4.69) is 30.8 Å². The molecule has 0 bridgehead atoms. The molecule has 4 nitrogen and oxygen atoms in total. The van der Waals surface area contributed by atoms with Crippen molar-refractivity contribution in [3.05, 3.63) is 0 Å². The smallest absolute Gasteiger partial charge is 0.143 e. The van der Waals surface area contributed by atoms with Crippen molar-refractivity contribution in [1.82, 2.24) is 4.90 Å². The number of nitrogens with two attached hydrogens (primary N) is 1. The van der Waals surface area contributed by atoms with Gasteiger partial charge in [0.15, 0.2) is 0 Å². The average molecular weight is 187 g/mol. The first-order chi connectivity index (χ1) is 6.02. The molecule has 0 aromatic rings. The third-order valence-corrected chi connectivity index (χ3v) is 2.27. The van der Waals surface area contributed by atoms with Gasteiger partial charge in [0.05, 0.1) is 0 Å². The fourth-order valence-corrected chi connectivity index (χ4v) is 1.25. The lowest BCUT2D eigenvalue weighted by atomic mass is 10.1. The second-order valence-corrected chi connectivity index (χ2v) is 3.61. The second kappa shape index (κ2) is 5.80. The molecule has 0 amide bonds. The Bertz CT molecular complexity index is 168. The Morgan fingerprint density at radius 1 is 1.46 bits per heavy atom. The van der Waals surface area contributed by atoms with E-state index in [9.17, 15) is 0 Å². The highest BCUT2D eigenvalue weighted by Gasteiger charge is 2.14. The number of hydrogen-bond donors (Lipinski definition) is 2. The van der Waals surface area contributed by atoms with Crippen LogP contribution in [0.3, 0.4) is 0 Å². The summed E-state index contributed by atoms with van der Waals surface area (Å²) in [4.78, 5) is 2.28. The number of oxime groups is 1. The van der Waals surface area contributed by atoms with Gasteiger partial charge >= 0.3 is 0 Å². The topological polar surface area (TPSA) is 61.8 Å². The highest BCUT2D eigenvalue weighted by Crippen LogP contribution is 2.04. The van der Waals surface area contributed by atoms with Gasteiger partial charge in [0.1, 0.15) is 5.84 Å². The molecule has 3 N–H and O–H groups in total. The van der Waals surface area contributed by atoms with Crippen molar-refractivity contribution in [3.63, 3.8) is 0 Å². The van der Waals surface area contributed by atoms with Crippen LogP contribution >= 0.6 is 0 Å². The van der Waals surface area contributed by atoms with E-state index in [1.165, 1.54) is 0 Å². The lowest BCUT2D eigenvalue weighted by Gasteiger charge is -2.27. The molecule has 13 heavy (non-hydrogen) atoms. The second-order valence-electron chi connectivity index (χ2n) is 3.61. The highest BCUT2D eigenvalue weighted by molar-refractivity contribution is 5.82. The van der Waals surface area contributed by atoms with Gasteiger partial charge in [-0.05, 0) is 20.4 Å². The van der Waals surface area contributed by atoms with Gasteiger partial charge in [-0.1, -0.05) is 19.0 Å². The van der Waals surface area contributed by atoms with Crippen LogP contribution < -0.4 is 5.73 Å². The standard InChI is InChI=1S/C9H21N3O/c1-5-12(7(2)3)6-8(4)9(10)11-13/h7-8,13H,5-6H2,1-4H3,(H2,10,11). The summed E-state index contributed by atoms with van der Waals surface area (Å²) in [5.74, 6) is 0.409. The van der Waals surface area contributed by atoms with Crippen LogP contribution in [0.1, 0.15) is 27.7 Å². The largest absolute Gasteiger partial charge is 0.409 e. The Labute approximate surface area is 80.4 Å². The van der Waals surface area contributed by atoms with E-state index < -0.39 is 0 Å². The van der Waals surface area contributed by atoms with E-state index in [1.807, 2.05) is 6.92 Å². The van der Waals surface area contributed by atoms with Crippen LogP contribution in [0, 0.1) is 5.92 Å². The average Bonchev–Trinajstić information content (AvgIpc) is 2.11. The quantitative estimate of drug-likeness (QED) is 0.293. The lowest BCUT2D eigenvalue weighted by Crippen LogP contribution is -2.38. The van der Waals surface area contributed by atoms with Crippen LogP contribution in [-0.2, 0) is 0 Å². The summed E-state index contributed by atoms with van der Waals surface area (Å²) in [6.07, 6.45) is 0. The summed E-state index contributed by atoms with van der Waals surface area (Å²) in [5, 5.41) is 11.5. The Morgan fingerprint density at radius 2 is 2.00 bits per heavy atom. The summed E-state index contributed by atoms with van der Waals surface area (Å²) >= 11 is 0. The molecular weight excluding hydrogens is 166 g/mol. The lowest BCUT2D eigenvalue weighted by molar-refractivity contribution is 0.217. The normalized spacial score (nSPS) is 15.4. The van der Waals surface area contributed by atoms with E-state index in [-0.39, 0.29) is 5.92 Å². The van der Waals surface area contributed by atoms with Crippen molar-refractivity contribution in [2.45, 2.75) is 33.7 Å². The molecule has 0 aliphatic rings. The van der Waals surface area contributed by atoms with Crippen LogP contribution in [0.5, 0.6) is 0 Å². The van der Waals surface area contributed by atoms with E-state index in [4.69, 9.17) is 10.9 Å². The monoisotopic (exact) mass is 187 g/mol. The first-order valence-corrected chi connectivity index (χ1v) is 4.74. The molecule has 1 atom stereocenters. The Kier molecular flexibility index (Phi) is 5.46. The molecule has 1 unspecified atom stereocenters. The molecule has 78 valence electrons. The summed E-state index contributed by atoms with van der Waals surface area (Å²) in [6.45, 7) is 10.2. The van der Waals surface area contributed by atoms with Crippen LogP contribution in [0.2, 0.25) is 0 Å². The van der Waals surface area contributed by atoms with Crippen molar-refractivity contribution in [3.8, 4) is 0 Å². The van der Waals surface area contributed by atoms with Gasteiger partial charge in [0.25, 0.3) is 0 Å². The molecule has 0 aliphatic carbocycles. The molecule has 0 spiro atoms. The van der Waals surface area contributed by atoms with Crippen molar-refractivity contribution < 1.29 is 5.21 Å². The number of rotatable bonds is 5. The summed E-state index contributed by atoms with van der Waals surface area (Å²) < 4.78 is 0. The first kappa shape index (κ1) is 12.2. The van der Waals surface area contributed by atoms with Crippen molar-refractivity contribution in [2.24, 2.45) is 16.8 Å². The zero-order valence-electron chi connectivity index (χ0n) is 8.99. The molecule has 4 heteroatoms. The van der Waals surface area contributed by atoms with E-state index in [0.717, 1.165) is 13.1 Å². The molecule has 0 aliphatic heterocycles. The maximum atomic E-state index is 8.47. The van der Waals surface area contributed by atoms with E-state index in [0.29, 0.717) is 11.9 Å². The molecular formula is C9H21N3O. The van der Waals surface area contributed by atoms with E-state index in [1.54, 1.807) is 0 Å². The number of hydrogen-bond acceptors (Lipinski definition) is 3. The Balaban J connectivity index is 4.08. The van der Waals surface area contributed by atoms with Crippen LogP contribution in [-0.4, -0.2) is 35.1 Å². The first-order valence-electron chi connectivity index (χ1n) is 4.74. The SMILES string of the molecule is CCN(CC(C)/C(N)=N/O)C(C)C. The Morgan fingerprint density at radius 3 is 2.31 bits per heavy atom. The van der Waals surface area contributed by atoms with Crippen molar-refractivity contribution in [1.29, 1.82) is 0 Å². The van der Waals surface area contributed by atoms with Crippen molar-refractivity contribution in [2.75, 3.05) is 13.1 Å². The maximum Gasteiger partial charge on any atom is 0.143 e.